The molecule has 1 aliphatic rings. The summed E-state index contributed by atoms with van der Waals surface area (Å²) in [6.07, 6.45) is 3.37. The zero-order valence-electron chi connectivity index (χ0n) is 29.0. The lowest BCUT2D eigenvalue weighted by Gasteiger charge is -2.23. The molecule has 0 radical (unpaired) electrons. The molecule has 49 heavy (non-hydrogen) atoms. The predicted octanol–water partition coefficient (Wildman–Crippen LogP) is -0.688. The molecular weight excluding hydrogens is 646 g/mol. The van der Waals surface area contributed by atoms with Crippen LogP contribution in [-0.2, 0) is 52.4 Å². The summed E-state index contributed by atoms with van der Waals surface area (Å²) < 4.78 is 32.5. The zero-order chi connectivity index (χ0) is 36.3. The summed E-state index contributed by atoms with van der Waals surface area (Å²) in [7, 11) is 1.50. The monoisotopic (exact) mass is 701 g/mol. The first-order chi connectivity index (χ1) is 23.6. The number of ketones is 1. The molecular formula is C32H55N5O12. The van der Waals surface area contributed by atoms with Gasteiger partial charge in [0, 0.05) is 44.5 Å². The van der Waals surface area contributed by atoms with E-state index in [1.54, 1.807) is 0 Å². The standard InChI is InChI=1S/C32H55N5O12/c1-24(2)30(26(38)23-25(31(42)34-3)5-4-9-35-32(33)43)36-27(39)8-11-44-13-15-46-17-19-48-21-22-49-20-18-47-16-14-45-12-10-37-28(40)6-7-29(37)41/h6-7,24-25,30H,4-5,8-23H2,1-3H3,(H,34,42)(H,36,39)(H3,33,35,43). The SMILES string of the molecule is CNC(=O)C(CCCNC(N)=O)CC(=O)C(NC(=O)CCOCCOCCOCCOCCOCCOCCN1C(=O)C=CC1=O)C(C)C. The van der Waals surface area contributed by atoms with E-state index in [1.165, 1.54) is 19.2 Å². The van der Waals surface area contributed by atoms with Gasteiger partial charge in [-0.15, -0.1) is 0 Å². The Morgan fingerprint density at radius 3 is 1.67 bits per heavy atom. The molecule has 2 unspecified atom stereocenters. The number of imide groups is 1. The topological polar surface area (TPSA) is 223 Å². The van der Waals surface area contributed by atoms with Crippen LogP contribution in [0.4, 0.5) is 4.79 Å². The van der Waals surface area contributed by atoms with Crippen molar-refractivity contribution in [1.82, 2.24) is 20.9 Å². The van der Waals surface area contributed by atoms with E-state index in [2.05, 4.69) is 16.0 Å². The molecule has 1 rings (SSSR count). The van der Waals surface area contributed by atoms with Crippen molar-refractivity contribution in [3.05, 3.63) is 12.2 Å². The fourth-order valence-corrected chi connectivity index (χ4v) is 4.50. The first-order valence-electron chi connectivity index (χ1n) is 16.6. The summed E-state index contributed by atoms with van der Waals surface area (Å²) in [5, 5.41) is 7.79. The van der Waals surface area contributed by atoms with Gasteiger partial charge in [0.05, 0.1) is 91.9 Å². The number of Topliss-reactive ketones (excluding diaryl/α,β-unsaturated/α-hetero) is 1. The molecule has 17 heteroatoms. The number of ether oxygens (including phenoxy) is 6. The Morgan fingerprint density at radius 2 is 1.22 bits per heavy atom. The quantitative estimate of drug-likeness (QED) is 0.0521. The summed E-state index contributed by atoms with van der Waals surface area (Å²) in [5.41, 5.74) is 5.06. The third kappa shape index (κ3) is 21.3. The highest BCUT2D eigenvalue weighted by atomic mass is 16.6. The lowest BCUT2D eigenvalue weighted by Crippen LogP contribution is -2.46. The average molecular weight is 702 g/mol. The number of primary amides is 1. The maximum atomic E-state index is 13.0. The van der Waals surface area contributed by atoms with Gasteiger partial charge >= 0.3 is 6.03 Å². The molecule has 6 amide bonds. The number of rotatable bonds is 31. The predicted molar refractivity (Wildman–Crippen MR) is 176 cm³/mol. The Labute approximate surface area is 288 Å². The summed E-state index contributed by atoms with van der Waals surface area (Å²) in [6, 6.07) is -1.39. The van der Waals surface area contributed by atoms with Crippen molar-refractivity contribution in [3.8, 4) is 0 Å². The number of urea groups is 1. The molecule has 0 aromatic carbocycles. The van der Waals surface area contributed by atoms with Crippen molar-refractivity contribution < 1.29 is 57.2 Å². The van der Waals surface area contributed by atoms with Gasteiger partial charge in [0.2, 0.25) is 11.8 Å². The fraction of sp³-hybridized carbons (Fsp3) is 0.750. The van der Waals surface area contributed by atoms with Crippen LogP contribution in [0.1, 0.15) is 39.5 Å². The van der Waals surface area contributed by atoms with E-state index in [-0.39, 0.29) is 67.9 Å². The van der Waals surface area contributed by atoms with Crippen molar-refractivity contribution in [1.29, 1.82) is 0 Å². The third-order valence-corrected chi connectivity index (χ3v) is 7.12. The molecule has 0 bridgehead atoms. The van der Waals surface area contributed by atoms with Crippen LogP contribution in [0.3, 0.4) is 0 Å². The van der Waals surface area contributed by atoms with Gasteiger partial charge in [-0.2, -0.15) is 0 Å². The molecule has 0 spiro atoms. The molecule has 0 aromatic rings. The van der Waals surface area contributed by atoms with E-state index in [0.717, 1.165) is 4.90 Å². The molecule has 0 aliphatic carbocycles. The fourth-order valence-electron chi connectivity index (χ4n) is 4.50. The maximum Gasteiger partial charge on any atom is 0.312 e. The zero-order valence-corrected chi connectivity index (χ0v) is 29.0. The van der Waals surface area contributed by atoms with Gasteiger partial charge < -0.3 is 50.1 Å². The summed E-state index contributed by atoms with van der Waals surface area (Å²) >= 11 is 0. The number of nitrogens with one attached hydrogen (secondary N) is 3. The second-order valence-corrected chi connectivity index (χ2v) is 11.3. The minimum Gasteiger partial charge on any atom is -0.379 e. The molecule has 17 nitrogen and oxygen atoms in total. The van der Waals surface area contributed by atoms with Gasteiger partial charge in [-0.25, -0.2) is 4.79 Å². The van der Waals surface area contributed by atoms with Gasteiger partial charge in [-0.3, -0.25) is 28.9 Å². The molecule has 0 aromatic heterocycles. The molecule has 5 N–H and O–H groups in total. The van der Waals surface area contributed by atoms with Gasteiger partial charge in [-0.1, -0.05) is 13.8 Å². The normalized spacial score (nSPS) is 13.9. The van der Waals surface area contributed by atoms with E-state index in [1.807, 2.05) is 13.8 Å². The van der Waals surface area contributed by atoms with Crippen LogP contribution in [0.2, 0.25) is 0 Å². The van der Waals surface area contributed by atoms with Crippen molar-refractivity contribution >= 4 is 35.4 Å². The highest BCUT2D eigenvalue weighted by molar-refractivity contribution is 6.12. The van der Waals surface area contributed by atoms with Crippen molar-refractivity contribution in [2.45, 2.75) is 45.6 Å². The van der Waals surface area contributed by atoms with Crippen LogP contribution in [0, 0.1) is 11.8 Å². The summed E-state index contributed by atoms with van der Waals surface area (Å²) in [6.45, 7) is 8.30. The van der Waals surface area contributed by atoms with Crippen LogP contribution in [0.25, 0.3) is 0 Å². The summed E-state index contributed by atoms with van der Waals surface area (Å²) in [4.78, 5) is 72.6. The largest absolute Gasteiger partial charge is 0.379 e. The highest BCUT2D eigenvalue weighted by Crippen LogP contribution is 2.16. The number of carbonyl (C=O) groups is 6. The molecule has 0 saturated carbocycles. The smallest absolute Gasteiger partial charge is 0.312 e. The Morgan fingerprint density at radius 1 is 0.755 bits per heavy atom. The number of carbonyl (C=O) groups excluding carboxylic acids is 6. The molecule has 0 fully saturated rings. The molecule has 2 atom stereocenters. The van der Waals surface area contributed by atoms with Crippen molar-refractivity contribution in [2.24, 2.45) is 17.6 Å². The minimum atomic E-state index is -0.741. The Bertz CT molecular complexity index is 1020. The first-order valence-corrected chi connectivity index (χ1v) is 16.6. The van der Waals surface area contributed by atoms with Gasteiger partial charge in [0.1, 0.15) is 0 Å². The molecule has 0 saturated heterocycles. The van der Waals surface area contributed by atoms with Gasteiger partial charge in [0.15, 0.2) is 5.78 Å². The Hall–Kier alpha value is -3.48. The number of nitrogens with zero attached hydrogens (tertiary/aromatic N) is 1. The Balaban J connectivity index is 2.00. The van der Waals surface area contributed by atoms with E-state index in [9.17, 15) is 28.8 Å². The first kappa shape index (κ1) is 43.5. The van der Waals surface area contributed by atoms with Crippen molar-refractivity contribution in [3.63, 3.8) is 0 Å². The number of hydrogen-bond acceptors (Lipinski definition) is 12. The van der Waals surface area contributed by atoms with E-state index in [4.69, 9.17) is 34.2 Å². The Kier molecular flexibility index (Phi) is 24.3. The number of amides is 6. The number of nitrogens with two attached hydrogens (primary N) is 1. The highest BCUT2D eigenvalue weighted by Gasteiger charge is 2.29. The second kappa shape index (κ2) is 27.4. The third-order valence-electron chi connectivity index (χ3n) is 7.12. The molecule has 1 heterocycles. The lowest BCUT2D eigenvalue weighted by atomic mass is 9.89. The van der Waals surface area contributed by atoms with Crippen LogP contribution in [0.15, 0.2) is 12.2 Å². The van der Waals surface area contributed by atoms with Crippen LogP contribution in [-0.4, -0.2) is 146 Å². The molecule has 280 valence electrons. The molecule has 1 aliphatic heterocycles. The van der Waals surface area contributed by atoms with Gasteiger partial charge in [-0.05, 0) is 18.8 Å². The van der Waals surface area contributed by atoms with E-state index >= 15 is 0 Å². The lowest BCUT2D eigenvalue weighted by molar-refractivity contribution is -0.137. The summed E-state index contributed by atoms with van der Waals surface area (Å²) in [5.74, 6) is -2.26. The van der Waals surface area contributed by atoms with Crippen molar-refractivity contribution in [2.75, 3.05) is 99.4 Å². The van der Waals surface area contributed by atoms with E-state index in [0.29, 0.717) is 85.5 Å². The van der Waals surface area contributed by atoms with Crippen LogP contribution in [0.5, 0.6) is 0 Å². The van der Waals surface area contributed by atoms with Crippen LogP contribution < -0.4 is 21.7 Å². The second-order valence-electron chi connectivity index (χ2n) is 11.3. The number of hydrogen-bond donors (Lipinski definition) is 4. The van der Waals surface area contributed by atoms with E-state index < -0.39 is 18.0 Å². The van der Waals surface area contributed by atoms with Gasteiger partial charge in [0.25, 0.3) is 11.8 Å². The minimum absolute atomic E-state index is 0.0353. The van der Waals surface area contributed by atoms with Crippen LogP contribution >= 0.6 is 0 Å². The average Bonchev–Trinajstić information content (AvgIpc) is 3.39. The maximum absolute atomic E-state index is 13.0.